The Balaban J connectivity index is 1.89. The summed E-state index contributed by atoms with van der Waals surface area (Å²) < 4.78 is 5.15. The summed E-state index contributed by atoms with van der Waals surface area (Å²) in [7, 11) is 1.61. The highest BCUT2D eigenvalue weighted by Crippen LogP contribution is 2.34. The molecule has 5 heteroatoms. The molecule has 0 spiro atoms. The van der Waals surface area contributed by atoms with Gasteiger partial charge in [0.25, 0.3) is 0 Å². The zero-order valence-corrected chi connectivity index (χ0v) is 12.1. The fourth-order valence-electron chi connectivity index (χ4n) is 2.60. The molecule has 0 radical (unpaired) electrons. The van der Waals surface area contributed by atoms with Crippen molar-refractivity contribution in [2.24, 2.45) is 5.10 Å². The quantitative estimate of drug-likeness (QED) is 0.882. The third-order valence-electron chi connectivity index (χ3n) is 3.77. The van der Waals surface area contributed by atoms with Gasteiger partial charge >= 0.3 is 0 Å². The maximum atomic E-state index is 11.3. The summed E-state index contributed by atoms with van der Waals surface area (Å²) in [6.45, 7) is 0. The van der Waals surface area contributed by atoms with E-state index in [0.717, 1.165) is 11.3 Å². The Morgan fingerprint density at radius 2 is 1.95 bits per heavy atom. The van der Waals surface area contributed by atoms with Gasteiger partial charge in [-0.15, -0.1) is 0 Å². The zero-order chi connectivity index (χ0) is 15.5. The molecule has 0 fully saturated rings. The number of benzene rings is 2. The van der Waals surface area contributed by atoms with Crippen molar-refractivity contribution in [3.8, 4) is 11.5 Å². The van der Waals surface area contributed by atoms with Crippen LogP contribution in [0.3, 0.4) is 0 Å². The molecule has 0 aliphatic carbocycles. The van der Waals surface area contributed by atoms with Crippen LogP contribution in [0.5, 0.6) is 11.5 Å². The Morgan fingerprint density at radius 3 is 2.59 bits per heavy atom. The number of aromatic hydroxyl groups is 1. The molecule has 0 aromatic heterocycles. The van der Waals surface area contributed by atoms with Gasteiger partial charge in [-0.25, -0.2) is 5.01 Å². The highest BCUT2D eigenvalue weighted by Gasteiger charge is 2.29. The number of ether oxygens (including phenoxy) is 1. The van der Waals surface area contributed by atoms with E-state index in [0.29, 0.717) is 24.1 Å². The van der Waals surface area contributed by atoms with E-state index in [4.69, 9.17) is 4.74 Å². The second kappa shape index (κ2) is 5.89. The van der Waals surface area contributed by atoms with Gasteiger partial charge in [0.05, 0.1) is 18.9 Å². The number of hydrogen-bond acceptors (Lipinski definition) is 4. The molecule has 22 heavy (non-hydrogen) atoms. The van der Waals surface area contributed by atoms with Crippen molar-refractivity contribution in [2.75, 3.05) is 7.11 Å². The predicted molar refractivity (Wildman–Crippen MR) is 82.9 cm³/mol. The fraction of sp³-hybridized carbons (Fsp3) is 0.176. The summed E-state index contributed by atoms with van der Waals surface area (Å²) in [6.07, 6.45) is 1.27. The Labute approximate surface area is 128 Å². The third kappa shape index (κ3) is 2.53. The highest BCUT2D eigenvalue weighted by atomic mass is 16.5. The first-order chi connectivity index (χ1) is 10.7. The van der Waals surface area contributed by atoms with Crippen LogP contribution in [0.25, 0.3) is 0 Å². The van der Waals surface area contributed by atoms with Crippen LogP contribution in [-0.4, -0.2) is 29.3 Å². The number of hydrazone groups is 1. The van der Waals surface area contributed by atoms with Crippen molar-refractivity contribution in [3.05, 3.63) is 59.7 Å². The molecule has 0 unspecified atom stereocenters. The average molecular weight is 296 g/mol. The van der Waals surface area contributed by atoms with E-state index in [1.54, 1.807) is 25.3 Å². The van der Waals surface area contributed by atoms with Crippen molar-refractivity contribution >= 4 is 12.1 Å². The summed E-state index contributed by atoms with van der Waals surface area (Å²) in [6, 6.07) is 14.4. The molecule has 2 aromatic carbocycles. The van der Waals surface area contributed by atoms with Gasteiger partial charge in [0.15, 0.2) is 0 Å². The lowest BCUT2D eigenvalue weighted by atomic mass is 9.98. The van der Waals surface area contributed by atoms with Crippen LogP contribution in [0.15, 0.2) is 53.6 Å². The van der Waals surface area contributed by atoms with Crippen LogP contribution in [0.4, 0.5) is 0 Å². The maximum absolute atomic E-state index is 11.3. The van der Waals surface area contributed by atoms with E-state index in [-0.39, 0.29) is 11.8 Å². The number of para-hydroxylation sites is 1. The van der Waals surface area contributed by atoms with Gasteiger partial charge < -0.3 is 9.84 Å². The van der Waals surface area contributed by atoms with Crippen LogP contribution in [0, 0.1) is 0 Å². The molecule has 1 amide bonds. The van der Waals surface area contributed by atoms with E-state index >= 15 is 0 Å². The SMILES string of the molecule is COc1ccc([C@@H]2CC(c3ccccc3O)=NN2C=O)cc1. The summed E-state index contributed by atoms with van der Waals surface area (Å²) >= 11 is 0. The zero-order valence-electron chi connectivity index (χ0n) is 12.1. The molecule has 0 saturated heterocycles. The van der Waals surface area contributed by atoms with Gasteiger partial charge in [0.2, 0.25) is 6.41 Å². The number of hydrogen-bond donors (Lipinski definition) is 1. The van der Waals surface area contributed by atoms with Crippen LogP contribution in [0.2, 0.25) is 0 Å². The summed E-state index contributed by atoms with van der Waals surface area (Å²) in [4.78, 5) is 11.3. The van der Waals surface area contributed by atoms with Gasteiger partial charge in [-0.3, -0.25) is 4.79 Å². The Kier molecular flexibility index (Phi) is 3.78. The topological polar surface area (TPSA) is 62.1 Å². The number of phenols is 1. The molecule has 1 heterocycles. The lowest BCUT2D eigenvalue weighted by Gasteiger charge is -2.17. The van der Waals surface area contributed by atoms with E-state index in [9.17, 15) is 9.90 Å². The van der Waals surface area contributed by atoms with E-state index in [1.807, 2.05) is 30.3 Å². The van der Waals surface area contributed by atoms with Crippen LogP contribution >= 0.6 is 0 Å². The lowest BCUT2D eigenvalue weighted by Crippen LogP contribution is -2.17. The molecule has 1 aliphatic heterocycles. The molecule has 0 saturated carbocycles. The summed E-state index contributed by atoms with van der Waals surface area (Å²) in [5.41, 5.74) is 2.33. The summed E-state index contributed by atoms with van der Waals surface area (Å²) in [5, 5.41) is 15.7. The molecule has 1 N–H and O–H groups in total. The third-order valence-corrected chi connectivity index (χ3v) is 3.77. The molecule has 1 aliphatic rings. The lowest BCUT2D eigenvalue weighted by molar-refractivity contribution is -0.119. The largest absolute Gasteiger partial charge is 0.507 e. The van der Waals surface area contributed by atoms with E-state index in [2.05, 4.69) is 5.10 Å². The van der Waals surface area contributed by atoms with Gasteiger partial charge in [-0.05, 0) is 29.8 Å². The van der Waals surface area contributed by atoms with Gasteiger partial charge in [0, 0.05) is 12.0 Å². The van der Waals surface area contributed by atoms with Crippen molar-refractivity contribution in [1.82, 2.24) is 5.01 Å². The van der Waals surface area contributed by atoms with Crippen LogP contribution < -0.4 is 4.74 Å². The number of rotatable bonds is 4. The number of amides is 1. The average Bonchev–Trinajstić information content (AvgIpc) is 2.99. The van der Waals surface area contributed by atoms with Crippen molar-refractivity contribution in [2.45, 2.75) is 12.5 Å². The second-order valence-corrected chi connectivity index (χ2v) is 5.04. The minimum Gasteiger partial charge on any atom is -0.507 e. The molecule has 1 atom stereocenters. The summed E-state index contributed by atoms with van der Waals surface area (Å²) in [5.74, 6) is 0.934. The van der Waals surface area contributed by atoms with Gasteiger partial charge in [-0.2, -0.15) is 5.10 Å². The van der Waals surface area contributed by atoms with Crippen LogP contribution in [-0.2, 0) is 4.79 Å². The van der Waals surface area contributed by atoms with E-state index < -0.39 is 0 Å². The minimum absolute atomic E-state index is 0.169. The van der Waals surface area contributed by atoms with Crippen molar-refractivity contribution < 1.29 is 14.6 Å². The fourth-order valence-corrected chi connectivity index (χ4v) is 2.60. The predicted octanol–water partition coefficient (Wildman–Crippen LogP) is 2.71. The number of phenolic OH excluding ortho intramolecular Hbond substituents is 1. The molecular formula is C17H16N2O3. The molecule has 112 valence electrons. The van der Waals surface area contributed by atoms with Crippen molar-refractivity contribution in [1.29, 1.82) is 0 Å². The number of carbonyl (C=O) groups is 1. The van der Waals surface area contributed by atoms with E-state index in [1.165, 1.54) is 5.01 Å². The Bertz CT molecular complexity index is 710. The Morgan fingerprint density at radius 1 is 1.23 bits per heavy atom. The second-order valence-electron chi connectivity index (χ2n) is 5.04. The monoisotopic (exact) mass is 296 g/mol. The molecular weight excluding hydrogens is 280 g/mol. The highest BCUT2D eigenvalue weighted by molar-refractivity contribution is 6.04. The first-order valence-electron chi connectivity index (χ1n) is 6.96. The molecule has 3 rings (SSSR count). The van der Waals surface area contributed by atoms with Gasteiger partial charge in [-0.1, -0.05) is 24.3 Å². The molecule has 2 aromatic rings. The van der Waals surface area contributed by atoms with Crippen molar-refractivity contribution in [3.63, 3.8) is 0 Å². The first kappa shape index (κ1) is 14.1. The number of nitrogens with zero attached hydrogens (tertiary/aromatic N) is 2. The Hall–Kier alpha value is -2.82. The van der Waals surface area contributed by atoms with Crippen LogP contribution in [0.1, 0.15) is 23.6 Å². The molecule has 5 nitrogen and oxygen atoms in total. The maximum Gasteiger partial charge on any atom is 0.230 e. The standard InChI is InChI=1S/C17H16N2O3/c1-22-13-8-6-12(7-9-13)16-10-15(18-19(16)11-20)14-4-2-3-5-17(14)21/h2-9,11,16,21H,10H2,1H3/t16-/m0/s1. The minimum atomic E-state index is -0.169. The number of carbonyl (C=O) groups excluding carboxylic acids is 1. The normalized spacial score (nSPS) is 17.2. The van der Waals surface area contributed by atoms with Gasteiger partial charge in [0.1, 0.15) is 11.5 Å². The number of methoxy groups -OCH3 is 1. The smallest absolute Gasteiger partial charge is 0.230 e. The molecule has 0 bridgehead atoms. The first-order valence-corrected chi connectivity index (χ1v) is 6.96.